The van der Waals surface area contributed by atoms with Crippen LogP contribution in [0.15, 0.2) is 42.5 Å². The summed E-state index contributed by atoms with van der Waals surface area (Å²) in [4.78, 5) is 27.2. The molecule has 0 bridgehead atoms. The highest BCUT2D eigenvalue weighted by molar-refractivity contribution is 6.32. The van der Waals surface area contributed by atoms with Gasteiger partial charge in [-0.25, -0.2) is 0 Å². The first-order chi connectivity index (χ1) is 14.1. The van der Waals surface area contributed by atoms with Crippen LogP contribution < -0.4 is 10.1 Å². The maximum absolute atomic E-state index is 12.9. The molecule has 29 heavy (non-hydrogen) atoms. The molecule has 7 nitrogen and oxygen atoms in total. The second-order valence-corrected chi connectivity index (χ2v) is 7.43. The number of likely N-dealkylation sites (tertiary alicyclic amines) is 1. The fourth-order valence-corrected chi connectivity index (χ4v) is 3.87. The van der Waals surface area contributed by atoms with E-state index < -0.39 is 0 Å². The number of halogens is 1. The zero-order valence-corrected chi connectivity index (χ0v) is 16.7. The molecule has 0 spiro atoms. The standard InChI is InChI=1S/C21H21ClN4O3/c1-29-18-7-6-14(12-16(18)22)23-20(27)13-8-10-26(11-9-13)21(28)19-15-4-2-3-5-17(15)24-25-19/h2-7,12-13H,8-11H2,1H3,(H,23,27)(H,24,25). The van der Waals surface area contributed by atoms with E-state index in [2.05, 4.69) is 15.5 Å². The number of amides is 2. The first-order valence-electron chi connectivity index (χ1n) is 9.43. The highest BCUT2D eigenvalue weighted by atomic mass is 35.5. The molecule has 2 aromatic carbocycles. The van der Waals surface area contributed by atoms with E-state index in [0.717, 1.165) is 10.9 Å². The van der Waals surface area contributed by atoms with Crippen molar-refractivity contribution in [3.8, 4) is 5.75 Å². The summed E-state index contributed by atoms with van der Waals surface area (Å²) < 4.78 is 5.12. The largest absolute Gasteiger partial charge is 0.495 e. The van der Waals surface area contributed by atoms with Gasteiger partial charge in [-0.2, -0.15) is 5.10 Å². The van der Waals surface area contributed by atoms with Crippen LogP contribution in [-0.2, 0) is 4.79 Å². The van der Waals surface area contributed by atoms with Crippen molar-refractivity contribution in [1.82, 2.24) is 15.1 Å². The summed E-state index contributed by atoms with van der Waals surface area (Å²) in [6, 6.07) is 12.7. The maximum Gasteiger partial charge on any atom is 0.274 e. The van der Waals surface area contributed by atoms with Crippen LogP contribution in [-0.4, -0.2) is 47.1 Å². The molecule has 1 fully saturated rings. The van der Waals surface area contributed by atoms with Gasteiger partial charge in [0.05, 0.1) is 17.6 Å². The fraction of sp³-hybridized carbons (Fsp3) is 0.286. The number of rotatable bonds is 4. The number of aromatic amines is 1. The minimum atomic E-state index is -0.157. The Morgan fingerprint density at radius 1 is 1.21 bits per heavy atom. The van der Waals surface area contributed by atoms with Crippen molar-refractivity contribution in [3.63, 3.8) is 0 Å². The summed E-state index contributed by atoms with van der Waals surface area (Å²) in [5, 5.41) is 11.2. The molecule has 2 N–H and O–H groups in total. The van der Waals surface area contributed by atoms with Crippen molar-refractivity contribution >= 4 is 40.0 Å². The van der Waals surface area contributed by atoms with Crippen LogP contribution in [0, 0.1) is 5.92 Å². The third-order valence-corrected chi connectivity index (χ3v) is 5.54. The van der Waals surface area contributed by atoms with Gasteiger partial charge in [-0.3, -0.25) is 14.7 Å². The normalized spacial score (nSPS) is 14.8. The van der Waals surface area contributed by atoms with Gasteiger partial charge in [0.1, 0.15) is 5.75 Å². The van der Waals surface area contributed by atoms with Gasteiger partial charge in [0, 0.05) is 30.1 Å². The minimum absolute atomic E-state index is 0.0662. The SMILES string of the molecule is COc1ccc(NC(=O)C2CCN(C(=O)c3n[nH]c4ccccc34)CC2)cc1Cl. The molecule has 1 aliphatic heterocycles. The summed E-state index contributed by atoms with van der Waals surface area (Å²) in [5.41, 5.74) is 1.89. The number of hydrogen-bond donors (Lipinski definition) is 2. The number of piperidine rings is 1. The highest BCUT2D eigenvalue weighted by Gasteiger charge is 2.29. The number of anilines is 1. The van der Waals surface area contributed by atoms with Crippen LogP contribution >= 0.6 is 11.6 Å². The lowest BCUT2D eigenvalue weighted by Crippen LogP contribution is -2.41. The van der Waals surface area contributed by atoms with Crippen LogP contribution in [0.1, 0.15) is 23.3 Å². The number of carbonyl (C=O) groups is 2. The van der Waals surface area contributed by atoms with Crippen LogP contribution in [0.25, 0.3) is 10.9 Å². The lowest BCUT2D eigenvalue weighted by atomic mass is 9.95. The van der Waals surface area contributed by atoms with Crippen molar-refractivity contribution in [3.05, 3.63) is 53.2 Å². The van der Waals surface area contributed by atoms with E-state index in [-0.39, 0.29) is 17.7 Å². The molecular weight excluding hydrogens is 392 g/mol. The third kappa shape index (κ3) is 3.91. The summed E-state index contributed by atoms with van der Waals surface area (Å²) in [7, 11) is 1.54. The van der Waals surface area contributed by atoms with E-state index >= 15 is 0 Å². The van der Waals surface area contributed by atoms with Crippen LogP contribution in [0.4, 0.5) is 5.69 Å². The second kappa shape index (κ2) is 8.13. The molecule has 1 aliphatic rings. The molecular formula is C21H21ClN4O3. The van der Waals surface area contributed by atoms with Crippen molar-refractivity contribution in [2.24, 2.45) is 5.92 Å². The number of methoxy groups -OCH3 is 1. The first kappa shape index (κ1) is 19.3. The number of nitrogens with one attached hydrogen (secondary N) is 2. The maximum atomic E-state index is 12.9. The molecule has 0 saturated carbocycles. The molecule has 0 unspecified atom stereocenters. The van der Waals surface area contributed by atoms with Crippen molar-refractivity contribution in [1.29, 1.82) is 0 Å². The van der Waals surface area contributed by atoms with Gasteiger partial charge in [0.25, 0.3) is 5.91 Å². The first-order valence-corrected chi connectivity index (χ1v) is 9.81. The number of para-hydroxylation sites is 1. The molecule has 0 atom stereocenters. The van der Waals surface area contributed by atoms with Gasteiger partial charge in [-0.1, -0.05) is 29.8 Å². The molecule has 1 aromatic heterocycles. The molecule has 2 amide bonds. The quantitative estimate of drug-likeness (QED) is 0.683. The number of nitrogens with zero attached hydrogens (tertiary/aromatic N) is 2. The van der Waals surface area contributed by atoms with Gasteiger partial charge in [-0.15, -0.1) is 0 Å². The Balaban J connectivity index is 1.37. The molecule has 2 heterocycles. The Bertz CT molecular complexity index is 1060. The summed E-state index contributed by atoms with van der Waals surface area (Å²) in [6.45, 7) is 1.03. The summed E-state index contributed by atoms with van der Waals surface area (Å²) in [5.74, 6) is 0.227. The molecule has 0 radical (unpaired) electrons. The number of benzene rings is 2. The van der Waals surface area contributed by atoms with E-state index in [1.54, 1.807) is 30.2 Å². The Hall–Kier alpha value is -3.06. The molecule has 4 rings (SSSR count). The van der Waals surface area contributed by atoms with E-state index in [4.69, 9.17) is 16.3 Å². The number of ether oxygens (including phenoxy) is 1. The van der Waals surface area contributed by atoms with Crippen LogP contribution in [0.5, 0.6) is 5.75 Å². The molecule has 0 aliphatic carbocycles. The number of carbonyl (C=O) groups excluding carboxylic acids is 2. The third-order valence-electron chi connectivity index (χ3n) is 5.25. The molecule has 150 valence electrons. The molecule has 1 saturated heterocycles. The van der Waals surface area contributed by atoms with E-state index in [0.29, 0.717) is 48.1 Å². The van der Waals surface area contributed by atoms with Gasteiger partial charge in [-0.05, 0) is 37.1 Å². The van der Waals surface area contributed by atoms with Crippen LogP contribution in [0.2, 0.25) is 5.02 Å². The molecule has 8 heteroatoms. The minimum Gasteiger partial charge on any atom is -0.495 e. The number of aromatic nitrogens is 2. The number of hydrogen-bond acceptors (Lipinski definition) is 4. The van der Waals surface area contributed by atoms with Gasteiger partial charge in [0.2, 0.25) is 5.91 Å². The van der Waals surface area contributed by atoms with Gasteiger partial charge >= 0.3 is 0 Å². The van der Waals surface area contributed by atoms with Crippen molar-refractivity contribution < 1.29 is 14.3 Å². The van der Waals surface area contributed by atoms with E-state index in [9.17, 15) is 9.59 Å². The topological polar surface area (TPSA) is 87.3 Å². The Labute approximate surface area is 173 Å². The van der Waals surface area contributed by atoms with Gasteiger partial charge < -0.3 is 15.0 Å². The monoisotopic (exact) mass is 412 g/mol. The predicted molar refractivity (Wildman–Crippen MR) is 111 cm³/mol. The summed E-state index contributed by atoms with van der Waals surface area (Å²) >= 11 is 6.11. The highest BCUT2D eigenvalue weighted by Crippen LogP contribution is 2.28. The lowest BCUT2D eigenvalue weighted by molar-refractivity contribution is -0.121. The average molecular weight is 413 g/mol. The number of H-pyrrole nitrogens is 1. The van der Waals surface area contributed by atoms with E-state index in [1.165, 1.54) is 0 Å². The molecule has 3 aromatic rings. The Morgan fingerprint density at radius 2 is 1.97 bits per heavy atom. The van der Waals surface area contributed by atoms with Crippen molar-refractivity contribution in [2.45, 2.75) is 12.8 Å². The predicted octanol–water partition coefficient (Wildman–Crippen LogP) is 3.72. The zero-order valence-electron chi connectivity index (χ0n) is 15.9. The van der Waals surface area contributed by atoms with Crippen molar-refractivity contribution in [2.75, 3.05) is 25.5 Å². The lowest BCUT2D eigenvalue weighted by Gasteiger charge is -2.31. The Morgan fingerprint density at radius 3 is 2.69 bits per heavy atom. The van der Waals surface area contributed by atoms with Gasteiger partial charge in [0.15, 0.2) is 5.69 Å². The fourth-order valence-electron chi connectivity index (χ4n) is 3.61. The van der Waals surface area contributed by atoms with E-state index in [1.807, 2.05) is 24.3 Å². The number of fused-ring (bicyclic) bond motifs is 1. The second-order valence-electron chi connectivity index (χ2n) is 7.02. The average Bonchev–Trinajstić information content (AvgIpc) is 3.17. The summed E-state index contributed by atoms with van der Waals surface area (Å²) in [6.07, 6.45) is 1.20. The Kier molecular flexibility index (Phi) is 5.40. The van der Waals surface area contributed by atoms with Crippen LogP contribution in [0.3, 0.4) is 0 Å². The smallest absolute Gasteiger partial charge is 0.274 e. The zero-order chi connectivity index (χ0) is 20.4.